The number of Topliss-reactive ketones (excluding diaryl/α,β-unsaturated/α-hetero) is 1. The molecule has 2 aromatic rings. The lowest BCUT2D eigenvalue weighted by Gasteiger charge is -2.01. The molecule has 0 aliphatic rings. The molecule has 0 atom stereocenters. The van der Waals surface area contributed by atoms with E-state index in [1.165, 1.54) is 11.8 Å². The summed E-state index contributed by atoms with van der Waals surface area (Å²) in [7, 11) is 0. The third kappa shape index (κ3) is 4.99. The number of nitrogens with zero attached hydrogens (tertiary/aromatic N) is 1. The molecule has 0 aliphatic heterocycles. The quantitative estimate of drug-likeness (QED) is 0.399. The largest absolute Gasteiger partial charge is 0.442 e. The van der Waals surface area contributed by atoms with Crippen LogP contribution in [-0.2, 0) is 6.42 Å². The van der Waals surface area contributed by atoms with Crippen molar-refractivity contribution >= 4 is 12.1 Å². The van der Waals surface area contributed by atoms with Crippen molar-refractivity contribution in [1.82, 2.24) is 4.98 Å². The highest BCUT2D eigenvalue weighted by atomic mass is 16.3. The van der Waals surface area contributed by atoms with Crippen molar-refractivity contribution in [2.45, 2.75) is 38.5 Å². The molecule has 21 heavy (non-hydrogen) atoms. The first-order valence-electron chi connectivity index (χ1n) is 7.27. The van der Waals surface area contributed by atoms with Gasteiger partial charge in [-0.1, -0.05) is 43.2 Å². The minimum atomic E-state index is -0.133. The molecule has 0 fully saturated rings. The number of ketones is 1. The van der Waals surface area contributed by atoms with Crippen molar-refractivity contribution in [3.63, 3.8) is 0 Å². The lowest BCUT2D eigenvalue weighted by Crippen LogP contribution is -1.99. The normalized spacial score (nSPS) is 10.5. The van der Waals surface area contributed by atoms with Gasteiger partial charge in [-0.05, 0) is 24.8 Å². The minimum Gasteiger partial charge on any atom is -0.442 e. The molecule has 0 bridgehead atoms. The highest BCUT2D eigenvalue weighted by molar-refractivity contribution is 5.92. The van der Waals surface area contributed by atoms with E-state index in [1.54, 1.807) is 0 Å². The summed E-state index contributed by atoms with van der Waals surface area (Å²) in [5.74, 6) is -0.0902. The fourth-order valence-electron chi connectivity index (χ4n) is 2.19. The van der Waals surface area contributed by atoms with E-state index in [9.17, 15) is 9.59 Å². The monoisotopic (exact) mass is 285 g/mol. The van der Waals surface area contributed by atoms with Crippen LogP contribution < -0.4 is 0 Å². The first kappa shape index (κ1) is 15.2. The van der Waals surface area contributed by atoms with Gasteiger partial charge in [-0.2, -0.15) is 0 Å². The number of benzene rings is 1. The number of unbranched alkanes of at least 4 members (excludes halogenated alkanes) is 3. The Hall–Kier alpha value is -2.23. The summed E-state index contributed by atoms with van der Waals surface area (Å²) in [5, 5.41) is 0. The number of aromatic nitrogens is 1. The van der Waals surface area contributed by atoms with Gasteiger partial charge in [0.1, 0.15) is 12.0 Å². The lowest BCUT2D eigenvalue weighted by atomic mass is 10.0. The molecule has 1 aromatic carbocycles. The van der Waals surface area contributed by atoms with Crippen LogP contribution in [-0.4, -0.2) is 17.1 Å². The maximum atomic E-state index is 11.8. The summed E-state index contributed by atoms with van der Waals surface area (Å²) in [6, 6.07) is 10.4. The third-order valence-electron chi connectivity index (χ3n) is 3.34. The van der Waals surface area contributed by atoms with Crippen LogP contribution in [0.5, 0.6) is 0 Å². The van der Waals surface area contributed by atoms with E-state index >= 15 is 0 Å². The number of hydrogen-bond donors (Lipinski definition) is 0. The molecule has 4 nitrogen and oxygen atoms in total. The molecule has 0 saturated heterocycles. The van der Waals surface area contributed by atoms with Gasteiger partial charge in [0, 0.05) is 6.42 Å². The minimum absolute atomic E-state index is 0.0429. The van der Waals surface area contributed by atoms with E-state index in [1.807, 2.05) is 6.07 Å². The predicted octanol–water partition coefficient (Wildman–Crippen LogP) is 3.86. The van der Waals surface area contributed by atoms with Gasteiger partial charge < -0.3 is 4.42 Å². The number of rotatable bonds is 9. The van der Waals surface area contributed by atoms with Crippen molar-refractivity contribution in [3.05, 3.63) is 53.7 Å². The van der Waals surface area contributed by atoms with Gasteiger partial charge in [0.25, 0.3) is 5.89 Å². The Balaban J connectivity index is 1.59. The molecule has 0 radical (unpaired) electrons. The molecule has 4 heteroatoms. The van der Waals surface area contributed by atoms with Crippen molar-refractivity contribution in [3.8, 4) is 0 Å². The summed E-state index contributed by atoms with van der Waals surface area (Å²) in [5.41, 5.74) is 1.52. The Kier molecular flexibility index (Phi) is 5.88. The number of aryl methyl sites for hydroxylation is 1. The molecule has 0 aliphatic carbocycles. The van der Waals surface area contributed by atoms with E-state index in [0.29, 0.717) is 12.7 Å². The summed E-state index contributed by atoms with van der Waals surface area (Å²) in [6.45, 7) is 0. The molecule has 1 heterocycles. The Labute approximate surface area is 124 Å². The molecule has 0 amide bonds. The second-order valence-corrected chi connectivity index (χ2v) is 5.02. The molecule has 110 valence electrons. The van der Waals surface area contributed by atoms with E-state index in [-0.39, 0.29) is 17.4 Å². The number of hydrogen-bond acceptors (Lipinski definition) is 4. The van der Waals surface area contributed by atoms with Crippen LogP contribution in [0.4, 0.5) is 0 Å². The highest BCUT2D eigenvalue weighted by Gasteiger charge is 2.12. The first-order valence-corrected chi connectivity index (χ1v) is 7.27. The van der Waals surface area contributed by atoms with Crippen LogP contribution in [0.25, 0.3) is 0 Å². The van der Waals surface area contributed by atoms with Crippen molar-refractivity contribution in [2.24, 2.45) is 0 Å². The summed E-state index contributed by atoms with van der Waals surface area (Å²) in [4.78, 5) is 26.0. The third-order valence-corrected chi connectivity index (χ3v) is 3.34. The zero-order valence-electron chi connectivity index (χ0n) is 12.0. The molecular weight excluding hydrogens is 266 g/mol. The molecule has 0 unspecified atom stereocenters. The van der Waals surface area contributed by atoms with E-state index in [4.69, 9.17) is 4.42 Å². The van der Waals surface area contributed by atoms with Crippen LogP contribution in [0.15, 0.2) is 41.0 Å². The molecular formula is C17H19NO3. The van der Waals surface area contributed by atoms with Crippen molar-refractivity contribution in [1.29, 1.82) is 0 Å². The lowest BCUT2D eigenvalue weighted by molar-refractivity contribution is 0.0945. The Bertz CT molecular complexity index is 575. The molecule has 0 N–H and O–H groups in total. The molecule has 0 spiro atoms. The van der Waals surface area contributed by atoms with Gasteiger partial charge in [-0.25, -0.2) is 4.98 Å². The zero-order chi connectivity index (χ0) is 14.9. The van der Waals surface area contributed by atoms with Crippen LogP contribution in [0.2, 0.25) is 0 Å². The second-order valence-electron chi connectivity index (χ2n) is 5.02. The van der Waals surface area contributed by atoms with E-state index in [0.717, 1.165) is 32.1 Å². The topological polar surface area (TPSA) is 60.2 Å². The average molecular weight is 285 g/mol. The molecule has 2 rings (SSSR count). The van der Waals surface area contributed by atoms with Gasteiger partial charge in [-0.15, -0.1) is 0 Å². The second kappa shape index (κ2) is 8.15. The van der Waals surface area contributed by atoms with Crippen LogP contribution in [0.1, 0.15) is 58.8 Å². The predicted molar refractivity (Wildman–Crippen MR) is 79.5 cm³/mol. The van der Waals surface area contributed by atoms with Crippen LogP contribution >= 0.6 is 0 Å². The Morgan fingerprint density at radius 1 is 1.10 bits per heavy atom. The fraction of sp³-hybridized carbons (Fsp3) is 0.353. The van der Waals surface area contributed by atoms with Gasteiger partial charge in [0.2, 0.25) is 5.78 Å². The summed E-state index contributed by atoms with van der Waals surface area (Å²) in [6.07, 6.45) is 7.36. The summed E-state index contributed by atoms with van der Waals surface area (Å²) >= 11 is 0. The van der Waals surface area contributed by atoms with Gasteiger partial charge in [0.05, 0.1) is 0 Å². The highest BCUT2D eigenvalue weighted by Crippen LogP contribution is 2.11. The van der Waals surface area contributed by atoms with Gasteiger partial charge in [-0.3, -0.25) is 9.59 Å². The average Bonchev–Trinajstić information content (AvgIpc) is 3.00. The fourth-order valence-corrected chi connectivity index (χ4v) is 2.19. The number of carbonyl (C=O) groups excluding carboxylic acids is 2. The number of carbonyl (C=O) groups is 2. The van der Waals surface area contributed by atoms with Crippen molar-refractivity contribution in [2.75, 3.05) is 0 Å². The first-order chi connectivity index (χ1) is 10.3. The van der Waals surface area contributed by atoms with E-state index < -0.39 is 0 Å². The molecule has 1 aromatic heterocycles. The summed E-state index contributed by atoms with van der Waals surface area (Å²) < 4.78 is 4.96. The Morgan fingerprint density at radius 3 is 2.57 bits per heavy atom. The Morgan fingerprint density at radius 2 is 1.86 bits per heavy atom. The number of aldehydes is 1. The number of oxazole rings is 1. The van der Waals surface area contributed by atoms with Gasteiger partial charge >= 0.3 is 0 Å². The SMILES string of the molecule is O=Cc1coc(C(=O)CCCCCCc2ccccc2)n1. The van der Waals surface area contributed by atoms with Crippen LogP contribution in [0, 0.1) is 0 Å². The zero-order valence-corrected chi connectivity index (χ0v) is 12.0. The maximum Gasteiger partial charge on any atom is 0.263 e. The maximum absolute atomic E-state index is 11.8. The van der Waals surface area contributed by atoms with Crippen LogP contribution in [0.3, 0.4) is 0 Å². The van der Waals surface area contributed by atoms with Gasteiger partial charge in [0.15, 0.2) is 6.29 Å². The smallest absolute Gasteiger partial charge is 0.263 e. The standard InChI is InChI=1S/C17H19NO3/c19-12-15-13-21-17(18-15)16(20)11-7-2-1-4-8-14-9-5-3-6-10-14/h3,5-6,9-10,12-13H,1-2,4,7-8,11H2. The molecule has 0 saturated carbocycles. The van der Waals surface area contributed by atoms with E-state index in [2.05, 4.69) is 29.2 Å². The van der Waals surface area contributed by atoms with Crippen molar-refractivity contribution < 1.29 is 14.0 Å².